The lowest BCUT2D eigenvalue weighted by Crippen LogP contribution is -2.47. The van der Waals surface area contributed by atoms with Crippen LogP contribution in [0.4, 0.5) is 5.82 Å². The Morgan fingerprint density at radius 1 is 1.10 bits per heavy atom. The molecule has 0 aliphatic carbocycles. The Balaban J connectivity index is 1.63. The molecule has 1 amide bonds. The van der Waals surface area contributed by atoms with Crippen LogP contribution in [-0.2, 0) is 5.75 Å². The fourth-order valence-corrected chi connectivity index (χ4v) is 4.39. The number of anilines is 1. The number of hydrogen-bond acceptors (Lipinski definition) is 6. The molecule has 0 unspecified atom stereocenters. The van der Waals surface area contributed by atoms with Crippen LogP contribution in [-0.4, -0.2) is 72.5 Å². The van der Waals surface area contributed by atoms with E-state index in [4.69, 9.17) is 4.98 Å². The van der Waals surface area contributed by atoms with Gasteiger partial charge in [-0.15, -0.1) is 0 Å². The lowest BCUT2D eigenvalue weighted by molar-refractivity contribution is 0.0664. The van der Waals surface area contributed by atoms with Gasteiger partial charge in [0.05, 0.1) is 0 Å². The molecule has 0 radical (unpaired) electrons. The second-order valence-corrected chi connectivity index (χ2v) is 8.99. The van der Waals surface area contributed by atoms with Crippen molar-refractivity contribution in [3.63, 3.8) is 0 Å². The Morgan fingerprint density at radius 3 is 2.40 bits per heavy atom. The summed E-state index contributed by atoms with van der Waals surface area (Å²) in [5.41, 5.74) is 4.10. The number of amides is 1. The van der Waals surface area contributed by atoms with Crippen LogP contribution in [0.2, 0.25) is 0 Å². The second kappa shape index (κ2) is 10.3. The number of aromatic nitrogens is 2. The summed E-state index contributed by atoms with van der Waals surface area (Å²) in [6.07, 6.45) is 1.08. The van der Waals surface area contributed by atoms with E-state index >= 15 is 0 Å². The number of benzene rings is 1. The van der Waals surface area contributed by atoms with Crippen LogP contribution in [0.3, 0.4) is 0 Å². The van der Waals surface area contributed by atoms with E-state index in [1.165, 1.54) is 5.56 Å². The second-order valence-electron chi connectivity index (χ2n) is 8.04. The summed E-state index contributed by atoms with van der Waals surface area (Å²) in [4.78, 5) is 28.6. The first-order chi connectivity index (χ1) is 14.4. The third-order valence-corrected chi connectivity index (χ3v) is 6.54. The van der Waals surface area contributed by atoms with Crippen LogP contribution >= 0.6 is 11.8 Å². The molecular formula is C23H33N5OS. The predicted molar refractivity (Wildman–Crippen MR) is 124 cm³/mol. The van der Waals surface area contributed by atoms with Crippen LogP contribution in [0.15, 0.2) is 29.4 Å². The van der Waals surface area contributed by atoms with Gasteiger partial charge in [-0.1, -0.05) is 30.8 Å². The summed E-state index contributed by atoms with van der Waals surface area (Å²) in [6.45, 7) is 10.7. The monoisotopic (exact) mass is 427 g/mol. The third-order valence-electron chi connectivity index (χ3n) is 5.62. The molecule has 1 fully saturated rings. The molecular weight excluding hydrogens is 394 g/mol. The first-order valence-electron chi connectivity index (χ1n) is 10.6. The first kappa shape index (κ1) is 22.6. The topological polar surface area (TPSA) is 52.6 Å². The maximum atomic E-state index is 12.7. The van der Waals surface area contributed by atoms with E-state index in [1.54, 1.807) is 11.8 Å². The van der Waals surface area contributed by atoms with Gasteiger partial charge in [-0.05, 0) is 45.0 Å². The van der Waals surface area contributed by atoms with Crippen molar-refractivity contribution in [2.75, 3.05) is 51.7 Å². The highest BCUT2D eigenvalue weighted by atomic mass is 32.2. The van der Waals surface area contributed by atoms with Gasteiger partial charge in [0.1, 0.15) is 5.82 Å². The van der Waals surface area contributed by atoms with Gasteiger partial charge in [0.15, 0.2) is 5.16 Å². The minimum absolute atomic E-state index is 0.128. The molecule has 0 N–H and O–H groups in total. The number of nitrogens with zero attached hydrogens (tertiary/aromatic N) is 5. The molecule has 0 saturated carbocycles. The molecule has 1 aliphatic rings. The van der Waals surface area contributed by atoms with Gasteiger partial charge in [0.25, 0.3) is 5.91 Å². The Labute approximate surface area is 184 Å². The molecule has 2 heterocycles. The zero-order valence-corrected chi connectivity index (χ0v) is 19.6. The fraction of sp³-hybridized carbons (Fsp3) is 0.522. The number of likely N-dealkylation sites (N-methyl/N-ethyl adjacent to an activating group) is 1. The summed E-state index contributed by atoms with van der Waals surface area (Å²) in [5.74, 6) is 1.92. The molecule has 1 saturated heterocycles. The standard InChI is InChI=1S/C23H33N5OS/c1-6-11-27(5)21-17(2)18(3)24-23(25-21)30-16-19-7-9-20(10-8-19)22(29)28-14-12-26(4)13-15-28/h7-10H,6,11-16H2,1-5H3. The minimum atomic E-state index is 0.128. The summed E-state index contributed by atoms with van der Waals surface area (Å²) < 4.78 is 0. The summed E-state index contributed by atoms with van der Waals surface area (Å²) in [7, 11) is 4.18. The summed E-state index contributed by atoms with van der Waals surface area (Å²) in [6, 6.07) is 7.97. The largest absolute Gasteiger partial charge is 0.359 e. The maximum Gasteiger partial charge on any atom is 0.253 e. The molecule has 6 nitrogen and oxygen atoms in total. The van der Waals surface area contributed by atoms with Crippen LogP contribution in [0.25, 0.3) is 0 Å². The van der Waals surface area contributed by atoms with Crippen molar-refractivity contribution in [3.8, 4) is 0 Å². The molecule has 162 valence electrons. The van der Waals surface area contributed by atoms with Crippen molar-refractivity contribution >= 4 is 23.5 Å². The van der Waals surface area contributed by atoms with Crippen LogP contribution < -0.4 is 4.90 Å². The highest BCUT2D eigenvalue weighted by Crippen LogP contribution is 2.26. The van der Waals surface area contributed by atoms with E-state index in [0.717, 1.165) is 72.7 Å². The van der Waals surface area contributed by atoms with Crippen LogP contribution in [0, 0.1) is 13.8 Å². The van der Waals surface area contributed by atoms with Crippen molar-refractivity contribution < 1.29 is 4.79 Å². The van der Waals surface area contributed by atoms with E-state index in [2.05, 4.69) is 42.7 Å². The highest BCUT2D eigenvalue weighted by molar-refractivity contribution is 7.98. The summed E-state index contributed by atoms with van der Waals surface area (Å²) >= 11 is 1.64. The molecule has 0 spiro atoms. The Morgan fingerprint density at radius 2 is 1.77 bits per heavy atom. The Hall–Kier alpha value is -2.12. The van der Waals surface area contributed by atoms with Crippen molar-refractivity contribution in [2.45, 2.75) is 38.1 Å². The smallest absolute Gasteiger partial charge is 0.253 e. The fourth-order valence-electron chi connectivity index (χ4n) is 3.55. The SMILES string of the molecule is CCCN(C)c1nc(SCc2ccc(C(=O)N3CCN(C)CC3)cc2)nc(C)c1C. The number of aryl methyl sites for hydroxylation is 1. The van der Waals surface area contributed by atoms with Gasteiger partial charge in [0, 0.05) is 62.3 Å². The number of carbonyl (C=O) groups excluding carboxylic acids is 1. The number of carbonyl (C=O) groups is 1. The maximum absolute atomic E-state index is 12.7. The molecule has 3 rings (SSSR count). The molecule has 2 aromatic rings. The van der Waals surface area contributed by atoms with Crippen molar-refractivity contribution in [3.05, 3.63) is 46.6 Å². The average molecular weight is 428 g/mol. The van der Waals surface area contributed by atoms with Crippen molar-refractivity contribution in [1.82, 2.24) is 19.8 Å². The molecule has 1 aliphatic heterocycles. The van der Waals surface area contributed by atoms with E-state index in [0.29, 0.717) is 0 Å². The Kier molecular flexibility index (Phi) is 7.72. The van der Waals surface area contributed by atoms with Crippen LogP contribution in [0.1, 0.15) is 40.5 Å². The molecule has 0 atom stereocenters. The van der Waals surface area contributed by atoms with Gasteiger partial charge < -0.3 is 14.7 Å². The molecule has 30 heavy (non-hydrogen) atoms. The van der Waals surface area contributed by atoms with E-state index in [9.17, 15) is 4.79 Å². The lowest BCUT2D eigenvalue weighted by atomic mass is 10.1. The van der Waals surface area contributed by atoms with Gasteiger partial charge in [-0.2, -0.15) is 0 Å². The van der Waals surface area contributed by atoms with E-state index in [1.807, 2.05) is 36.1 Å². The average Bonchev–Trinajstić information content (AvgIpc) is 2.75. The Bertz CT molecular complexity index is 863. The van der Waals surface area contributed by atoms with Gasteiger partial charge in [0.2, 0.25) is 0 Å². The first-order valence-corrected chi connectivity index (χ1v) is 11.6. The molecule has 7 heteroatoms. The van der Waals surface area contributed by atoms with Crippen molar-refractivity contribution in [2.24, 2.45) is 0 Å². The zero-order valence-electron chi connectivity index (χ0n) is 18.8. The zero-order chi connectivity index (χ0) is 21.7. The number of hydrogen-bond donors (Lipinski definition) is 0. The van der Waals surface area contributed by atoms with Gasteiger partial charge in [-0.3, -0.25) is 4.79 Å². The number of thioether (sulfide) groups is 1. The van der Waals surface area contributed by atoms with E-state index < -0.39 is 0 Å². The quantitative estimate of drug-likeness (QED) is 0.497. The normalized spacial score (nSPS) is 14.8. The minimum Gasteiger partial charge on any atom is -0.359 e. The highest BCUT2D eigenvalue weighted by Gasteiger charge is 2.20. The van der Waals surface area contributed by atoms with E-state index in [-0.39, 0.29) is 5.91 Å². The van der Waals surface area contributed by atoms with Gasteiger partial charge >= 0.3 is 0 Å². The lowest BCUT2D eigenvalue weighted by Gasteiger charge is -2.32. The summed E-state index contributed by atoms with van der Waals surface area (Å²) in [5, 5.41) is 0.800. The molecule has 0 bridgehead atoms. The van der Waals surface area contributed by atoms with Crippen molar-refractivity contribution in [1.29, 1.82) is 0 Å². The molecule has 1 aromatic heterocycles. The van der Waals surface area contributed by atoms with Crippen LogP contribution in [0.5, 0.6) is 0 Å². The predicted octanol–water partition coefficient (Wildman–Crippen LogP) is 3.62. The third kappa shape index (κ3) is 5.52. The molecule has 1 aromatic carbocycles. The number of rotatable bonds is 7. The number of piperazine rings is 1. The van der Waals surface area contributed by atoms with Gasteiger partial charge in [-0.25, -0.2) is 9.97 Å².